The van der Waals surface area contributed by atoms with Gasteiger partial charge in [-0.05, 0) is 37.3 Å². The Hall–Kier alpha value is -2.50. The van der Waals surface area contributed by atoms with E-state index in [0.29, 0.717) is 17.0 Å². The van der Waals surface area contributed by atoms with E-state index < -0.39 is 11.9 Å². The molecular formula is C17H16O6. The first-order valence-corrected chi connectivity index (χ1v) is 7.58. The van der Waals surface area contributed by atoms with Crippen LogP contribution in [0.4, 0.5) is 0 Å². The Morgan fingerprint density at radius 2 is 1.39 bits per heavy atom. The van der Waals surface area contributed by atoms with E-state index in [1.807, 2.05) is 0 Å². The molecule has 23 heavy (non-hydrogen) atoms. The summed E-state index contributed by atoms with van der Waals surface area (Å²) >= 11 is 0. The predicted molar refractivity (Wildman–Crippen MR) is 77.3 cm³/mol. The third-order valence-electron chi connectivity index (χ3n) is 4.47. The minimum absolute atomic E-state index is 0.117. The van der Waals surface area contributed by atoms with Crippen LogP contribution in [0.2, 0.25) is 0 Å². The largest absolute Gasteiger partial charge is 0.393 e. The van der Waals surface area contributed by atoms with Gasteiger partial charge in [-0.2, -0.15) is 0 Å². The number of carbonyl (C=O) groups excluding carboxylic acids is 4. The molecule has 4 rings (SSSR count). The second kappa shape index (κ2) is 5.95. The van der Waals surface area contributed by atoms with Crippen LogP contribution in [0.3, 0.4) is 0 Å². The lowest BCUT2D eigenvalue weighted by Crippen LogP contribution is -2.25. The van der Waals surface area contributed by atoms with Crippen LogP contribution in [0, 0.1) is 17.8 Å². The highest BCUT2D eigenvalue weighted by molar-refractivity contribution is 6.14. The van der Waals surface area contributed by atoms with Gasteiger partial charge in [0.15, 0.2) is 0 Å². The fourth-order valence-electron chi connectivity index (χ4n) is 3.21. The highest BCUT2D eigenvalue weighted by atomic mass is 16.6. The summed E-state index contributed by atoms with van der Waals surface area (Å²) in [6.45, 7) is 2.12. The number of hydrogen-bond acceptors (Lipinski definition) is 6. The van der Waals surface area contributed by atoms with Crippen molar-refractivity contribution in [1.29, 1.82) is 0 Å². The van der Waals surface area contributed by atoms with Crippen molar-refractivity contribution in [3.05, 3.63) is 35.4 Å². The van der Waals surface area contributed by atoms with E-state index in [9.17, 15) is 19.2 Å². The zero-order chi connectivity index (χ0) is 16.6. The van der Waals surface area contributed by atoms with Crippen molar-refractivity contribution in [3.63, 3.8) is 0 Å². The molecule has 1 aromatic carbocycles. The number of benzene rings is 1. The van der Waals surface area contributed by atoms with Crippen molar-refractivity contribution < 1.29 is 28.7 Å². The van der Waals surface area contributed by atoms with Crippen LogP contribution in [-0.4, -0.2) is 23.9 Å². The fraction of sp³-hybridized carbons (Fsp3) is 0.412. The third kappa shape index (κ3) is 2.88. The molecule has 3 aliphatic rings. The van der Waals surface area contributed by atoms with E-state index >= 15 is 0 Å². The van der Waals surface area contributed by atoms with Gasteiger partial charge < -0.3 is 9.47 Å². The van der Waals surface area contributed by atoms with Crippen molar-refractivity contribution in [2.24, 2.45) is 17.8 Å². The van der Waals surface area contributed by atoms with E-state index in [0.717, 1.165) is 19.3 Å². The molecule has 0 spiro atoms. The molecule has 3 unspecified atom stereocenters. The lowest BCUT2D eigenvalue weighted by molar-refractivity contribution is -0.153. The molecule has 1 aromatic rings. The highest BCUT2D eigenvalue weighted by Crippen LogP contribution is 2.38. The quantitative estimate of drug-likeness (QED) is 0.538. The first-order valence-electron chi connectivity index (χ1n) is 7.58. The van der Waals surface area contributed by atoms with Crippen LogP contribution >= 0.6 is 0 Å². The van der Waals surface area contributed by atoms with Gasteiger partial charge in [-0.15, -0.1) is 0 Å². The molecule has 1 aliphatic carbocycles. The molecule has 0 amide bonds. The number of hydrogen-bond donors (Lipinski definition) is 0. The van der Waals surface area contributed by atoms with E-state index in [1.165, 1.54) is 0 Å². The molecule has 0 bridgehead atoms. The average Bonchev–Trinajstić information content (AvgIpc) is 2.97. The van der Waals surface area contributed by atoms with Crippen molar-refractivity contribution >= 4 is 23.9 Å². The maximum atomic E-state index is 11.1. The third-order valence-corrected chi connectivity index (χ3v) is 4.47. The van der Waals surface area contributed by atoms with Gasteiger partial charge in [-0.25, -0.2) is 9.59 Å². The Balaban J connectivity index is 0.000000136. The van der Waals surface area contributed by atoms with Gasteiger partial charge in [0, 0.05) is 0 Å². The minimum atomic E-state index is -0.550. The SMILES string of the molecule is CC1CCC2C(=O)OC(=O)C2C1.O=C1OC(=O)c2ccccc21. The second-order valence-electron chi connectivity index (χ2n) is 6.09. The molecule has 1 saturated heterocycles. The van der Waals surface area contributed by atoms with Crippen LogP contribution < -0.4 is 0 Å². The maximum Gasteiger partial charge on any atom is 0.346 e. The highest BCUT2D eigenvalue weighted by Gasteiger charge is 2.46. The van der Waals surface area contributed by atoms with E-state index in [1.54, 1.807) is 24.3 Å². The van der Waals surface area contributed by atoms with Crippen LogP contribution in [0.25, 0.3) is 0 Å². The Morgan fingerprint density at radius 3 is 2.00 bits per heavy atom. The Labute approximate surface area is 132 Å². The fourth-order valence-corrected chi connectivity index (χ4v) is 3.21. The van der Waals surface area contributed by atoms with Crippen LogP contribution in [0.5, 0.6) is 0 Å². The number of fused-ring (bicyclic) bond motifs is 2. The van der Waals surface area contributed by atoms with Crippen molar-refractivity contribution in [2.75, 3.05) is 0 Å². The van der Waals surface area contributed by atoms with Gasteiger partial charge >= 0.3 is 23.9 Å². The van der Waals surface area contributed by atoms with E-state index in [2.05, 4.69) is 16.4 Å². The summed E-state index contributed by atoms with van der Waals surface area (Å²) in [4.78, 5) is 43.9. The number of esters is 4. The van der Waals surface area contributed by atoms with Crippen molar-refractivity contribution in [2.45, 2.75) is 26.2 Å². The molecule has 2 fully saturated rings. The molecule has 6 heteroatoms. The molecule has 0 aromatic heterocycles. The van der Waals surface area contributed by atoms with Crippen LogP contribution in [-0.2, 0) is 19.1 Å². The standard InChI is InChI=1S/C9H12O3.C8H4O3/c1-5-2-3-6-7(4-5)9(11)12-8(6)10;9-7-5-3-1-2-4-6(5)8(10)11-7/h5-7H,2-4H2,1H3;1-4H. The molecule has 2 aliphatic heterocycles. The Kier molecular flexibility index (Phi) is 3.98. The number of cyclic esters (lactones) is 4. The minimum Gasteiger partial charge on any atom is -0.393 e. The molecule has 120 valence electrons. The summed E-state index contributed by atoms with van der Waals surface area (Å²) in [5, 5.41) is 0. The molecule has 0 radical (unpaired) electrons. The van der Waals surface area contributed by atoms with Gasteiger partial charge in [-0.3, -0.25) is 9.59 Å². The predicted octanol–water partition coefficient (Wildman–Crippen LogP) is 2.12. The second-order valence-corrected chi connectivity index (χ2v) is 6.09. The Bertz CT molecular complexity index is 659. The molecular weight excluding hydrogens is 300 g/mol. The first kappa shape index (κ1) is 15.4. The van der Waals surface area contributed by atoms with Crippen LogP contribution in [0.1, 0.15) is 46.9 Å². The summed E-state index contributed by atoms with van der Waals surface area (Å²) in [7, 11) is 0. The summed E-state index contributed by atoms with van der Waals surface area (Å²) in [5.41, 5.74) is 0.718. The molecule has 0 N–H and O–H groups in total. The number of carbonyl (C=O) groups is 4. The molecule has 2 heterocycles. The van der Waals surface area contributed by atoms with Crippen molar-refractivity contribution in [3.8, 4) is 0 Å². The number of ether oxygens (including phenoxy) is 2. The topological polar surface area (TPSA) is 86.7 Å². The van der Waals surface area contributed by atoms with Gasteiger partial charge in [0.25, 0.3) is 0 Å². The number of rotatable bonds is 0. The van der Waals surface area contributed by atoms with E-state index in [-0.39, 0.29) is 23.8 Å². The summed E-state index contributed by atoms with van der Waals surface area (Å²) in [5.74, 6) is -1.37. The normalized spacial score (nSPS) is 28.3. The van der Waals surface area contributed by atoms with Gasteiger partial charge in [0.2, 0.25) is 0 Å². The van der Waals surface area contributed by atoms with Crippen LogP contribution in [0.15, 0.2) is 24.3 Å². The molecule has 6 nitrogen and oxygen atoms in total. The maximum absolute atomic E-state index is 11.1. The zero-order valence-corrected chi connectivity index (χ0v) is 12.6. The molecule has 3 atom stereocenters. The lowest BCUT2D eigenvalue weighted by Gasteiger charge is -2.24. The summed E-state index contributed by atoms with van der Waals surface area (Å²) in [6.07, 6.45) is 2.70. The van der Waals surface area contributed by atoms with Gasteiger partial charge in [0.1, 0.15) is 0 Å². The van der Waals surface area contributed by atoms with Crippen molar-refractivity contribution in [1.82, 2.24) is 0 Å². The van der Waals surface area contributed by atoms with Gasteiger partial charge in [-0.1, -0.05) is 19.1 Å². The zero-order valence-electron chi connectivity index (χ0n) is 12.6. The lowest BCUT2D eigenvalue weighted by atomic mass is 9.76. The van der Waals surface area contributed by atoms with E-state index in [4.69, 9.17) is 0 Å². The summed E-state index contributed by atoms with van der Waals surface area (Å²) < 4.78 is 8.93. The Morgan fingerprint density at radius 1 is 0.826 bits per heavy atom. The van der Waals surface area contributed by atoms with Gasteiger partial charge in [0.05, 0.1) is 23.0 Å². The summed E-state index contributed by atoms with van der Waals surface area (Å²) in [6, 6.07) is 6.53. The monoisotopic (exact) mass is 316 g/mol. The molecule has 1 saturated carbocycles. The smallest absolute Gasteiger partial charge is 0.346 e. The first-order chi connectivity index (χ1) is 11.0. The average molecular weight is 316 g/mol.